The second kappa shape index (κ2) is 11.5. The Morgan fingerprint density at radius 3 is 2.54 bits per heavy atom. The van der Waals surface area contributed by atoms with E-state index in [0.717, 1.165) is 24.7 Å². The van der Waals surface area contributed by atoms with Crippen molar-refractivity contribution in [2.45, 2.75) is 26.0 Å². The van der Waals surface area contributed by atoms with Crippen molar-refractivity contribution >= 4 is 23.3 Å². The van der Waals surface area contributed by atoms with Crippen LogP contribution >= 0.6 is 0 Å². The summed E-state index contributed by atoms with van der Waals surface area (Å²) in [5.41, 5.74) is 0.253. The van der Waals surface area contributed by atoms with Gasteiger partial charge in [-0.25, -0.2) is 13.6 Å². The van der Waals surface area contributed by atoms with Gasteiger partial charge in [0.1, 0.15) is 24.0 Å². The number of benzene rings is 2. The van der Waals surface area contributed by atoms with Gasteiger partial charge in [-0.3, -0.25) is 9.69 Å². The number of fused-ring (bicyclic) bond motifs is 1. The molecule has 190 valence electrons. The van der Waals surface area contributed by atoms with Crippen molar-refractivity contribution < 1.29 is 27.8 Å². The molecule has 3 amide bonds. The molecule has 1 aliphatic heterocycles. The number of ether oxygens (including phenoxy) is 2. The highest BCUT2D eigenvalue weighted by Gasteiger charge is 2.27. The number of likely N-dealkylation sites (N-methyl/N-ethyl adjacent to an activating group) is 2. The Morgan fingerprint density at radius 2 is 1.83 bits per heavy atom. The van der Waals surface area contributed by atoms with Crippen molar-refractivity contribution in [2.75, 3.05) is 51.5 Å². The molecule has 0 bridgehead atoms. The van der Waals surface area contributed by atoms with Crippen LogP contribution in [0.1, 0.15) is 24.2 Å². The van der Waals surface area contributed by atoms with Crippen molar-refractivity contribution in [3.63, 3.8) is 0 Å². The minimum atomic E-state index is -0.784. The second-order valence-electron chi connectivity index (χ2n) is 8.95. The van der Waals surface area contributed by atoms with Gasteiger partial charge in [-0.15, -0.1) is 0 Å². The fraction of sp³-hybridized carbons (Fsp3) is 0.440. The molecule has 0 fully saturated rings. The van der Waals surface area contributed by atoms with Crippen molar-refractivity contribution in [3.8, 4) is 5.75 Å². The molecule has 0 saturated heterocycles. The van der Waals surface area contributed by atoms with E-state index in [1.807, 2.05) is 14.0 Å². The lowest BCUT2D eigenvalue weighted by atomic mass is 10.0. The van der Waals surface area contributed by atoms with E-state index in [4.69, 9.17) is 9.47 Å². The maximum absolute atomic E-state index is 13.9. The van der Waals surface area contributed by atoms with Gasteiger partial charge in [-0.05, 0) is 50.2 Å². The van der Waals surface area contributed by atoms with Crippen molar-refractivity contribution in [1.29, 1.82) is 0 Å². The van der Waals surface area contributed by atoms with E-state index in [-0.39, 0.29) is 40.9 Å². The molecule has 3 atom stereocenters. The highest BCUT2D eigenvalue weighted by molar-refractivity contribution is 6.02. The molecule has 3 rings (SSSR count). The van der Waals surface area contributed by atoms with Gasteiger partial charge in [0.15, 0.2) is 0 Å². The molecule has 0 aliphatic carbocycles. The fourth-order valence-corrected chi connectivity index (χ4v) is 3.91. The normalized spacial score (nSPS) is 21.9. The van der Waals surface area contributed by atoms with E-state index in [9.17, 15) is 18.4 Å². The van der Waals surface area contributed by atoms with Crippen molar-refractivity contribution in [2.24, 2.45) is 5.92 Å². The first-order valence-corrected chi connectivity index (χ1v) is 11.4. The molecule has 0 spiro atoms. The molecule has 0 radical (unpaired) electrons. The van der Waals surface area contributed by atoms with E-state index in [1.54, 1.807) is 31.2 Å². The molecule has 0 aromatic heterocycles. The number of halogens is 2. The zero-order chi connectivity index (χ0) is 25.7. The summed E-state index contributed by atoms with van der Waals surface area (Å²) in [5, 5.41) is 4.82. The van der Waals surface area contributed by atoms with Crippen LogP contribution in [0.3, 0.4) is 0 Å². The van der Waals surface area contributed by atoms with Crippen LogP contribution in [0.15, 0.2) is 36.4 Å². The third-order valence-corrected chi connectivity index (χ3v) is 6.19. The van der Waals surface area contributed by atoms with Crippen LogP contribution in [-0.2, 0) is 4.74 Å². The Balaban J connectivity index is 1.86. The van der Waals surface area contributed by atoms with Crippen LogP contribution in [0, 0.1) is 17.6 Å². The summed E-state index contributed by atoms with van der Waals surface area (Å²) in [6.45, 7) is 5.63. The van der Waals surface area contributed by atoms with Crippen LogP contribution in [0.25, 0.3) is 0 Å². The zero-order valence-electron chi connectivity index (χ0n) is 20.6. The number of methoxy groups -OCH3 is 1. The first-order chi connectivity index (χ1) is 16.6. The lowest BCUT2D eigenvalue weighted by Crippen LogP contribution is -2.45. The van der Waals surface area contributed by atoms with E-state index < -0.39 is 17.7 Å². The first kappa shape index (κ1) is 26.4. The maximum atomic E-state index is 13.9. The largest absolute Gasteiger partial charge is 0.491 e. The molecular weight excluding hydrogens is 458 g/mol. The summed E-state index contributed by atoms with van der Waals surface area (Å²) < 4.78 is 38.9. The minimum Gasteiger partial charge on any atom is -0.491 e. The number of hydrogen-bond donors (Lipinski definition) is 2. The highest BCUT2D eigenvalue weighted by Crippen LogP contribution is 2.26. The van der Waals surface area contributed by atoms with Gasteiger partial charge in [0.05, 0.1) is 17.4 Å². The Morgan fingerprint density at radius 1 is 1.09 bits per heavy atom. The number of nitrogens with one attached hydrogen (secondary N) is 2. The number of urea groups is 1. The molecule has 1 heterocycles. The Hall–Kier alpha value is -3.24. The lowest BCUT2D eigenvalue weighted by molar-refractivity contribution is 0.0150. The predicted molar refractivity (Wildman–Crippen MR) is 130 cm³/mol. The third-order valence-electron chi connectivity index (χ3n) is 6.19. The van der Waals surface area contributed by atoms with Gasteiger partial charge in [0.2, 0.25) is 0 Å². The number of amides is 3. The predicted octanol–water partition coefficient (Wildman–Crippen LogP) is 4.04. The molecule has 8 nitrogen and oxygen atoms in total. The van der Waals surface area contributed by atoms with E-state index in [2.05, 4.69) is 22.5 Å². The summed E-state index contributed by atoms with van der Waals surface area (Å²) >= 11 is 0. The minimum absolute atomic E-state index is 0.0832. The average molecular weight is 491 g/mol. The summed E-state index contributed by atoms with van der Waals surface area (Å²) in [6.07, 6.45) is -0.171. The van der Waals surface area contributed by atoms with Crippen LogP contribution in [-0.4, -0.2) is 74.8 Å². The number of anilines is 2. The number of rotatable bonds is 3. The standard InChI is InChI=1S/C25H32F2N4O4/c1-15-12-30(3)16(2)14-35-22-9-7-18(11-19(22)24(32)31(4)13-23(15)34-5)28-25(33)29-21-10-17(26)6-8-20(21)27/h6-11,15-16,23H,12-14H2,1-5H3,(H2,28,29,33)/t15-,16+,23-/m1/s1. The quantitative estimate of drug-likeness (QED) is 0.679. The molecule has 2 aromatic carbocycles. The topological polar surface area (TPSA) is 83.1 Å². The van der Waals surface area contributed by atoms with Gasteiger partial charge in [-0.1, -0.05) is 6.92 Å². The van der Waals surface area contributed by atoms with Gasteiger partial charge in [-0.2, -0.15) is 0 Å². The van der Waals surface area contributed by atoms with E-state index >= 15 is 0 Å². The summed E-state index contributed by atoms with van der Waals surface area (Å²) in [4.78, 5) is 29.5. The molecule has 1 aliphatic rings. The number of carbonyl (C=O) groups is 2. The summed E-state index contributed by atoms with van der Waals surface area (Å²) in [6, 6.07) is 6.74. The third kappa shape index (κ3) is 6.67. The molecule has 0 saturated carbocycles. The van der Waals surface area contributed by atoms with Gasteiger partial charge in [0.25, 0.3) is 5.91 Å². The van der Waals surface area contributed by atoms with Crippen LogP contribution in [0.5, 0.6) is 5.75 Å². The zero-order valence-corrected chi connectivity index (χ0v) is 20.6. The highest BCUT2D eigenvalue weighted by atomic mass is 19.1. The van der Waals surface area contributed by atoms with Crippen LogP contribution in [0.2, 0.25) is 0 Å². The number of hydrogen-bond acceptors (Lipinski definition) is 5. The average Bonchev–Trinajstić information content (AvgIpc) is 2.82. The fourth-order valence-electron chi connectivity index (χ4n) is 3.91. The molecule has 0 unspecified atom stereocenters. The SMILES string of the molecule is CO[C@@H]1CN(C)C(=O)c2cc(NC(=O)Nc3cc(F)ccc3F)ccc2OC[C@H](C)N(C)C[C@H]1C. The molecule has 35 heavy (non-hydrogen) atoms. The van der Waals surface area contributed by atoms with E-state index in [0.29, 0.717) is 18.9 Å². The van der Waals surface area contributed by atoms with Gasteiger partial charge >= 0.3 is 6.03 Å². The van der Waals surface area contributed by atoms with Gasteiger partial charge < -0.3 is 25.0 Å². The van der Waals surface area contributed by atoms with Crippen LogP contribution in [0.4, 0.5) is 25.0 Å². The smallest absolute Gasteiger partial charge is 0.323 e. The number of carbonyl (C=O) groups excluding carboxylic acids is 2. The Kier molecular flexibility index (Phi) is 8.63. The summed E-state index contributed by atoms with van der Waals surface area (Å²) in [7, 11) is 5.34. The van der Waals surface area contributed by atoms with Crippen LogP contribution < -0.4 is 15.4 Å². The van der Waals surface area contributed by atoms with Gasteiger partial charge in [0, 0.05) is 45.0 Å². The van der Waals surface area contributed by atoms with E-state index in [1.165, 1.54) is 6.07 Å². The molecule has 10 heteroatoms. The Bertz CT molecular complexity index is 1070. The lowest BCUT2D eigenvalue weighted by Gasteiger charge is -2.34. The molecule has 2 N–H and O–H groups in total. The summed E-state index contributed by atoms with van der Waals surface area (Å²) in [5.74, 6) is -1.20. The van der Waals surface area contributed by atoms with Crippen molar-refractivity contribution in [3.05, 3.63) is 53.6 Å². The number of nitrogens with zero attached hydrogens (tertiary/aromatic N) is 2. The Labute approximate surface area is 204 Å². The molecular formula is C25H32F2N4O4. The first-order valence-electron chi connectivity index (χ1n) is 11.4. The maximum Gasteiger partial charge on any atom is 0.323 e. The monoisotopic (exact) mass is 490 g/mol. The molecule has 2 aromatic rings. The second-order valence-corrected chi connectivity index (χ2v) is 8.95. The van der Waals surface area contributed by atoms with Crippen molar-refractivity contribution in [1.82, 2.24) is 9.80 Å².